The van der Waals surface area contributed by atoms with Gasteiger partial charge in [-0.25, -0.2) is 13.1 Å². The molecule has 1 rings (SSSR count). The smallest absolute Gasteiger partial charge is 0.269 e. The second kappa shape index (κ2) is 18.8. The average molecular weight is 513 g/mol. The van der Waals surface area contributed by atoms with E-state index in [4.69, 9.17) is 0 Å². The van der Waals surface area contributed by atoms with E-state index in [0.29, 0.717) is 6.42 Å². The van der Waals surface area contributed by atoms with Gasteiger partial charge in [0, 0.05) is 18.6 Å². The summed E-state index contributed by atoms with van der Waals surface area (Å²) in [5.74, 6) is -0.632. The van der Waals surface area contributed by atoms with Crippen LogP contribution in [0.5, 0.6) is 0 Å². The Balaban J connectivity index is 2.17. The van der Waals surface area contributed by atoms with Crippen molar-refractivity contribution < 1.29 is 18.1 Å². The lowest BCUT2D eigenvalue weighted by molar-refractivity contribution is -0.384. The van der Waals surface area contributed by atoms with Gasteiger partial charge in [0.1, 0.15) is 0 Å². The summed E-state index contributed by atoms with van der Waals surface area (Å²) in [4.78, 5) is 21.8. The highest BCUT2D eigenvalue weighted by molar-refractivity contribution is 7.90. The van der Waals surface area contributed by atoms with Crippen molar-refractivity contribution in [2.75, 3.05) is 0 Å². The summed E-state index contributed by atoms with van der Waals surface area (Å²) in [7, 11) is -4.05. The number of carbonyl (C=O) groups excluding carboxylic acids is 1. The zero-order valence-electron chi connectivity index (χ0n) is 20.8. The first-order valence-corrected chi connectivity index (χ1v) is 13.5. The van der Waals surface area contributed by atoms with Gasteiger partial charge in [0.05, 0.1) is 9.82 Å². The summed E-state index contributed by atoms with van der Waals surface area (Å²) in [5, 5.41) is 10.7. The van der Waals surface area contributed by atoms with Crippen molar-refractivity contribution in [3.8, 4) is 0 Å². The Hall–Kier alpha value is -3.52. The lowest BCUT2D eigenvalue weighted by Crippen LogP contribution is -2.30. The zero-order valence-corrected chi connectivity index (χ0v) is 21.6. The molecule has 1 N–H and O–H groups in total. The van der Waals surface area contributed by atoms with E-state index in [9.17, 15) is 23.3 Å². The number of nitrogens with zero attached hydrogens (tertiary/aromatic N) is 1. The molecular weight excluding hydrogens is 476 g/mol. The maximum atomic E-state index is 12.2. The molecule has 1 aromatic carbocycles. The second-order valence-corrected chi connectivity index (χ2v) is 9.42. The summed E-state index contributed by atoms with van der Waals surface area (Å²) >= 11 is 0. The fourth-order valence-corrected chi connectivity index (χ4v) is 3.87. The maximum Gasteiger partial charge on any atom is 0.269 e. The van der Waals surface area contributed by atoms with E-state index >= 15 is 0 Å². The summed E-state index contributed by atoms with van der Waals surface area (Å²) in [6, 6.07) is 4.35. The van der Waals surface area contributed by atoms with Crippen LogP contribution < -0.4 is 4.72 Å². The molecule has 0 aromatic heterocycles. The van der Waals surface area contributed by atoms with Gasteiger partial charge in [-0.3, -0.25) is 14.9 Å². The largest absolute Gasteiger partial charge is 0.274 e. The molecule has 194 valence electrons. The van der Waals surface area contributed by atoms with Gasteiger partial charge in [-0.05, 0) is 57.1 Å². The van der Waals surface area contributed by atoms with E-state index in [-0.39, 0.29) is 17.0 Å². The Morgan fingerprint density at radius 2 is 1.19 bits per heavy atom. The Kier molecular flexibility index (Phi) is 15.9. The molecule has 0 aliphatic rings. The minimum Gasteiger partial charge on any atom is -0.274 e. The maximum absolute atomic E-state index is 12.2. The van der Waals surface area contributed by atoms with E-state index in [1.54, 1.807) is 0 Å². The van der Waals surface area contributed by atoms with Crippen molar-refractivity contribution in [2.45, 2.75) is 63.2 Å². The fraction of sp³-hybridized carbons (Fsp3) is 0.321. The minimum absolute atomic E-state index is 0.0222. The van der Waals surface area contributed by atoms with Gasteiger partial charge < -0.3 is 0 Å². The van der Waals surface area contributed by atoms with Gasteiger partial charge in [-0.2, -0.15) is 0 Å². The molecule has 0 unspecified atom stereocenters. The summed E-state index contributed by atoms with van der Waals surface area (Å²) in [6.45, 7) is 2.13. The van der Waals surface area contributed by atoms with Crippen molar-refractivity contribution in [3.63, 3.8) is 0 Å². The van der Waals surface area contributed by atoms with Gasteiger partial charge in [-0.1, -0.05) is 79.8 Å². The number of carbonyl (C=O) groups is 1. The van der Waals surface area contributed by atoms with E-state index < -0.39 is 20.9 Å². The number of sulfonamides is 1. The molecule has 0 spiro atoms. The molecule has 0 fully saturated rings. The van der Waals surface area contributed by atoms with Crippen LogP contribution in [0.3, 0.4) is 0 Å². The number of hydrogen-bond donors (Lipinski definition) is 1. The fourth-order valence-electron chi connectivity index (χ4n) is 2.86. The number of hydrogen-bond acceptors (Lipinski definition) is 5. The molecule has 1 amide bonds. The molecule has 7 nitrogen and oxygen atoms in total. The van der Waals surface area contributed by atoms with Crippen LogP contribution in [0.1, 0.15) is 58.3 Å². The molecule has 0 bridgehead atoms. The topological polar surface area (TPSA) is 106 Å². The summed E-state index contributed by atoms with van der Waals surface area (Å²) in [6.07, 6.45) is 31.1. The standard InChI is InChI=1S/C28H36N2O5S/c1-2-3-4-5-6-7-8-9-10-11-12-13-14-15-16-17-18-19-20-21-28(31)29-36(34,35)27-24-22-26(23-25-27)30(32)33/h3-4,6-7,9-10,12-13,15-16,18-19,22-25H,2,5,8,11,14,17,20-21H2,1H3,(H,29,31)/b4-3+,7-6+,10-9+,13-12+,16-15+,19-18+. The first-order chi connectivity index (χ1) is 17.4. The van der Waals surface area contributed by atoms with Crippen LogP contribution in [0.4, 0.5) is 5.69 Å². The molecule has 0 aliphatic carbocycles. The SMILES string of the molecule is CC/C=C/C/C=C/C/C=C/C/C=C/C/C=C/C/C=C/CCC(=O)NS(=O)(=O)c1ccc([N+](=O)[O-])cc1. The average Bonchev–Trinajstić information content (AvgIpc) is 2.85. The Morgan fingerprint density at radius 1 is 0.778 bits per heavy atom. The highest BCUT2D eigenvalue weighted by atomic mass is 32.2. The van der Waals surface area contributed by atoms with Crippen molar-refractivity contribution in [2.24, 2.45) is 0 Å². The van der Waals surface area contributed by atoms with Crippen LogP contribution in [0, 0.1) is 10.1 Å². The molecular formula is C28H36N2O5S. The molecule has 0 radical (unpaired) electrons. The van der Waals surface area contributed by atoms with Gasteiger partial charge in [0.15, 0.2) is 0 Å². The van der Waals surface area contributed by atoms with Crippen molar-refractivity contribution in [1.82, 2.24) is 4.72 Å². The summed E-state index contributed by atoms with van der Waals surface area (Å²) in [5.41, 5.74) is -0.224. The molecule has 1 aromatic rings. The van der Waals surface area contributed by atoms with Gasteiger partial charge in [0.2, 0.25) is 5.91 Å². The lowest BCUT2D eigenvalue weighted by atomic mass is 10.2. The molecule has 0 saturated heterocycles. The van der Waals surface area contributed by atoms with Crippen LogP contribution in [0.15, 0.2) is 102 Å². The number of nitro groups is 1. The highest BCUT2D eigenvalue weighted by Gasteiger charge is 2.18. The number of rotatable bonds is 17. The van der Waals surface area contributed by atoms with E-state index in [2.05, 4.69) is 61.6 Å². The Morgan fingerprint density at radius 3 is 1.61 bits per heavy atom. The summed E-state index contributed by atoms with van der Waals surface area (Å²) < 4.78 is 26.3. The number of non-ortho nitro benzene ring substituents is 1. The van der Waals surface area contributed by atoms with E-state index in [0.717, 1.165) is 62.8 Å². The molecule has 36 heavy (non-hydrogen) atoms. The van der Waals surface area contributed by atoms with Gasteiger partial charge in [-0.15, -0.1) is 0 Å². The number of allylic oxidation sites excluding steroid dienone is 12. The Labute approximate surface area is 214 Å². The van der Waals surface area contributed by atoms with Crippen LogP contribution >= 0.6 is 0 Å². The van der Waals surface area contributed by atoms with Gasteiger partial charge in [0.25, 0.3) is 15.7 Å². The molecule has 0 saturated carbocycles. The Bertz CT molecular complexity index is 1080. The lowest BCUT2D eigenvalue weighted by Gasteiger charge is -2.06. The third-order valence-corrected chi connectivity index (χ3v) is 6.13. The molecule has 0 heterocycles. The monoisotopic (exact) mass is 512 g/mol. The predicted octanol–water partition coefficient (Wildman–Crippen LogP) is 6.88. The van der Waals surface area contributed by atoms with Crippen LogP contribution in [-0.2, 0) is 14.8 Å². The number of benzene rings is 1. The first kappa shape index (κ1) is 30.5. The predicted molar refractivity (Wildman–Crippen MR) is 146 cm³/mol. The van der Waals surface area contributed by atoms with Gasteiger partial charge >= 0.3 is 0 Å². The van der Waals surface area contributed by atoms with Crippen LogP contribution in [0.2, 0.25) is 0 Å². The molecule has 0 atom stereocenters. The normalized spacial score (nSPS) is 12.8. The number of nitrogens with one attached hydrogen (secondary N) is 1. The highest BCUT2D eigenvalue weighted by Crippen LogP contribution is 2.15. The van der Waals surface area contributed by atoms with E-state index in [1.165, 1.54) is 0 Å². The van der Waals surface area contributed by atoms with Crippen molar-refractivity contribution in [3.05, 3.63) is 107 Å². The van der Waals surface area contributed by atoms with Crippen molar-refractivity contribution in [1.29, 1.82) is 0 Å². The number of amides is 1. The van der Waals surface area contributed by atoms with Crippen LogP contribution in [0.25, 0.3) is 0 Å². The zero-order chi connectivity index (χ0) is 26.5. The third-order valence-electron chi connectivity index (χ3n) is 4.74. The molecule has 8 heteroatoms. The first-order valence-electron chi connectivity index (χ1n) is 12.1. The quantitative estimate of drug-likeness (QED) is 0.139. The van der Waals surface area contributed by atoms with Crippen molar-refractivity contribution >= 4 is 21.6 Å². The third kappa shape index (κ3) is 14.7. The number of nitro benzene ring substituents is 1. The van der Waals surface area contributed by atoms with E-state index in [1.807, 2.05) is 23.0 Å². The van der Waals surface area contributed by atoms with Crippen LogP contribution in [-0.4, -0.2) is 19.2 Å². The minimum atomic E-state index is -4.05. The second-order valence-electron chi connectivity index (χ2n) is 7.73. The molecule has 0 aliphatic heterocycles.